The lowest BCUT2D eigenvalue weighted by Gasteiger charge is -2.33. The van der Waals surface area contributed by atoms with Crippen LogP contribution in [0.25, 0.3) is 11.5 Å². The summed E-state index contributed by atoms with van der Waals surface area (Å²) >= 11 is 11.8. The summed E-state index contributed by atoms with van der Waals surface area (Å²) < 4.78 is 5.57. The van der Waals surface area contributed by atoms with Gasteiger partial charge in [0.15, 0.2) is 0 Å². The number of piperidine rings is 1. The zero-order valence-corrected chi connectivity index (χ0v) is 15.8. The van der Waals surface area contributed by atoms with E-state index in [0.717, 1.165) is 25.9 Å². The van der Waals surface area contributed by atoms with Gasteiger partial charge in [0, 0.05) is 13.1 Å². The first-order valence-corrected chi connectivity index (χ1v) is 9.43. The first kappa shape index (κ1) is 17.5. The Morgan fingerprint density at radius 2 is 1.96 bits per heavy atom. The molecule has 1 atom stereocenters. The molecule has 4 rings (SSSR count). The van der Waals surface area contributed by atoms with Crippen LogP contribution in [0.5, 0.6) is 0 Å². The van der Waals surface area contributed by atoms with Crippen molar-refractivity contribution in [2.45, 2.75) is 38.6 Å². The molecule has 26 heavy (non-hydrogen) atoms. The Kier molecular flexibility index (Phi) is 4.52. The number of hydrogen-bond donors (Lipinski definition) is 1. The van der Waals surface area contributed by atoms with Gasteiger partial charge in [-0.2, -0.15) is 0 Å². The highest BCUT2D eigenvalue weighted by Gasteiger charge is 2.45. The van der Waals surface area contributed by atoms with Crippen LogP contribution in [0.15, 0.2) is 16.5 Å². The van der Waals surface area contributed by atoms with E-state index < -0.39 is 6.04 Å². The van der Waals surface area contributed by atoms with E-state index in [1.807, 2.05) is 4.90 Å². The third-order valence-electron chi connectivity index (χ3n) is 5.27. The van der Waals surface area contributed by atoms with Crippen molar-refractivity contribution in [3.05, 3.63) is 22.4 Å². The van der Waals surface area contributed by atoms with Crippen LogP contribution in [0, 0.1) is 5.41 Å². The van der Waals surface area contributed by atoms with Gasteiger partial charge in [-0.1, -0.05) is 28.3 Å². The number of carbonyl (C=O) groups excluding carboxylic acids is 1. The average Bonchev–Trinajstić information content (AvgIpc) is 3.21. The lowest BCUT2D eigenvalue weighted by atomic mass is 9.93. The van der Waals surface area contributed by atoms with Crippen LogP contribution in [0.3, 0.4) is 0 Å². The lowest BCUT2D eigenvalue weighted by Crippen LogP contribution is -2.45. The van der Waals surface area contributed by atoms with Gasteiger partial charge < -0.3 is 14.6 Å². The number of hydrogen-bond acceptors (Lipinski definition) is 6. The molecule has 1 amide bonds. The molecule has 2 aromatic heterocycles. The molecule has 1 N–H and O–H groups in total. The molecule has 1 aliphatic carbocycles. The quantitative estimate of drug-likeness (QED) is 0.795. The molecule has 138 valence electrons. The van der Waals surface area contributed by atoms with Crippen molar-refractivity contribution >= 4 is 35.1 Å². The number of rotatable bonds is 4. The smallest absolute Gasteiger partial charge is 0.316 e. The highest BCUT2D eigenvalue weighted by atomic mass is 35.5. The number of pyridine rings is 1. The Labute approximate surface area is 161 Å². The molecule has 1 aliphatic heterocycles. The predicted molar refractivity (Wildman–Crippen MR) is 98.1 cm³/mol. The minimum Gasteiger partial charge on any atom is -0.403 e. The molecule has 3 heterocycles. The summed E-state index contributed by atoms with van der Waals surface area (Å²) in [6.45, 7) is 3.45. The molecule has 0 bridgehead atoms. The molecule has 1 saturated heterocycles. The van der Waals surface area contributed by atoms with Crippen molar-refractivity contribution in [1.82, 2.24) is 20.1 Å². The first-order chi connectivity index (χ1) is 12.5. The minimum absolute atomic E-state index is 0.0476. The summed E-state index contributed by atoms with van der Waals surface area (Å²) in [7, 11) is 0. The number of nitrogens with zero attached hydrogens (tertiary/aromatic N) is 4. The zero-order chi connectivity index (χ0) is 18.3. The van der Waals surface area contributed by atoms with Crippen LogP contribution < -0.4 is 5.32 Å². The van der Waals surface area contributed by atoms with Gasteiger partial charge in [0.2, 0.25) is 5.91 Å². The molecular weight excluding hydrogens is 377 g/mol. The summed E-state index contributed by atoms with van der Waals surface area (Å²) in [6.07, 6.45) is 4.85. The number of anilines is 1. The first-order valence-electron chi connectivity index (χ1n) is 8.67. The van der Waals surface area contributed by atoms with Crippen LogP contribution in [0.4, 0.5) is 6.01 Å². The van der Waals surface area contributed by atoms with Crippen molar-refractivity contribution in [3.63, 3.8) is 0 Å². The molecule has 9 heteroatoms. The van der Waals surface area contributed by atoms with E-state index in [4.69, 9.17) is 27.6 Å². The minimum atomic E-state index is -0.449. The van der Waals surface area contributed by atoms with Crippen LogP contribution >= 0.6 is 23.2 Å². The van der Waals surface area contributed by atoms with Crippen molar-refractivity contribution in [2.75, 3.05) is 18.4 Å². The molecule has 2 aliphatic rings. The Balaban J connectivity index is 1.39. The van der Waals surface area contributed by atoms with Gasteiger partial charge in [-0.25, -0.2) is 4.98 Å². The molecule has 7 nitrogen and oxygen atoms in total. The summed E-state index contributed by atoms with van der Waals surface area (Å²) in [5, 5.41) is 11.3. The van der Waals surface area contributed by atoms with E-state index >= 15 is 0 Å². The van der Waals surface area contributed by atoms with Crippen LogP contribution in [-0.2, 0) is 4.79 Å². The van der Waals surface area contributed by atoms with E-state index in [2.05, 4.69) is 20.5 Å². The predicted octanol–water partition coefficient (Wildman–Crippen LogP) is 3.64. The van der Waals surface area contributed by atoms with Gasteiger partial charge in [0.1, 0.15) is 16.3 Å². The van der Waals surface area contributed by atoms with Gasteiger partial charge in [0.25, 0.3) is 5.89 Å². The second kappa shape index (κ2) is 6.70. The number of nitrogens with one attached hydrogen (secondary N) is 1. The Bertz CT molecular complexity index is 826. The van der Waals surface area contributed by atoms with E-state index in [0.29, 0.717) is 11.0 Å². The Morgan fingerprint density at radius 1 is 1.23 bits per heavy atom. The van der Waals surface area contributed by atoms with E-state index in [-0.39, 0.29) is 28.1 Å². The maximum atomic E-state index is 12.6. The third kappa shape index (κ3) is 3.50. The lowest BCUT2D eigenvalue weighted by molar-refractivity contribution is -0.133. The largest absolute Gasteiger partial charge is 0.403 e. The second-order valence-electron chi connectivity index (χ2n) is 7.08. The summed E-state index contributed by atoms with van der Waals surface area (Å²) in [6, 6.07) is 2.97. The van der Waals surface area contributed by atoms with Crippen molar-refractivity contribution in [3.8, 4) is 11.5 Å². The number of carbonyl (C=O) groups is 1. The maximum Gasteiger partial charge on any atom is 0.316 e. The Morgan fingerprint density at radius 3 is 2.62 bits per heavy atom. The highest BCUT2D eigenvalue weighted by molar-refractivity contribution is 6.34. The van der Waals surface area contributed by atoms with E-state index in [1.165, 1.54) is 12.8 Å². The fourth-order valence-electron chi connectivity index (χ4n) is 3.36. The van der Waals surface area contributed by atoms with Crippen molar-refractivity contribution in [1.29, 1.82) is 0 Å². The summed E-state index contributed by atoms with van der Waals surface area (Å²) in [5.74, 6) is 0.265. The summed E-state index contributed by atoms with van der Waals surface area (Å²) in [5.41, 5.74) is 1.03. The monoisotopic (exact) mass is 395 g/mol. The summed E-state index contributed by atoms with van der Waals surface area (Å²) in [4.78, 5) is 18.5. The van der Waals surface area contributed by atoms with E-state index in [1.54, 1.807) is 19.1 Å². The average molecular weight is 396 g/mol. The fourth-order valence-corrected chi connectivity index (χ4v) is 3.79. The van der Waals surface area contributed by atoms with Crippen LogP contribution in [0.2, 0.25) is 10.3 Å². The standard InChI is InChI=1S/C17H19Cl2N5O2/c1-10(15(25)24-8-6-17(4-5-17)7-9-24)20-16-23-22-14(26-16)11-2-3-12(18)21-13(11)19/h2-3,10H,4-9H2,1H3,(H,20,23)/t10-/m1/s1. The molecule has 2 fully saturated rings. The number of halogens is 2. The van der Waals surface area contributed by atoms with Gasteiger partial charge in [-0.3, -0.25) is 4.79 Å². The molecule has 0 unspecified atom stereocenters. The molecule has 1 saturated carbocycles. The Hall–Kier alpha value is -1.86. The zero-order valence-electron chi connectivity index (χ0n) is 14.3. The second-order valence-corrected chi connectivity index (χ2v) is 7.82. The van der Waals surface area contributed by atoms with Crippen LogP contribution in [-0.4, -0.2) is 45.1 Å². The maximum absolute atomic E-state index is 12.6. The highest BCUT2D eigenvalue weighted by Crippen LogP contribution is 2.53. The third-order valence-corrected chi connectivity index (χ3v) is 5.77. The van der Waals surface area contributed by atoms with E-state index in [9.17, 15) is 4.79 Å². The van der Waals surface area contributed by atoms with Crippen molar-refractivity contribution in [2.24, 2.45) is 5.41 Å². The molecule has 1 spiro atoms. The molecular formula is C17H19Cl2N5O2. The van der Waals surface area contributed by atoms with Gasteiger partial charge in [0.05, 0.1) is 5.56 Å². The SMILES string of the molecule is C[C@@H](Nc1nnc(-c2ccc(Cl)nc2Cl)o1)C(=O)N1CCC2(CC1)CC2. The van der Waals surface area contributed by atoms with Crippen LogP contribution in [0.1, 0.15) is 32.6 Å². The number of likely N-dealkylation sites (tertiary alicyclic amines) is 1. The number of amides is 1. The molecule has 0 aromatic carbocycles. The topological polar surface area (TPSA) is 84.1 Å². The van der Waals surface area contributed by atoms with Gasteiger partial charge in [-0.05, 0) is 50.2 Å². The van der Waals surface area contributed by atoms with Gasteiger partial charge >= 0.3 is 6.01 Å². The normalized spacial score (nSPS) is 19.4. The van der Waals surface area contributed by atoms with Gasteiger partial charge in [-0.15, -0.1) is 5.10 Å². The number of aromatic nitrogens is 3. The molecule has 0 radical (unpaired) electrons. The fraction of sp³-hybridized carbons (Fsp3) is 0.529. The van der Waals surface area contributed by atoms with Crippen molar-refractivity contribution < 1.29 is 9.21 Å². The molecule has 2 aromatic rings.